The Morgan fingerprint density at radius 3 is 2.89 bits per heavy atom. The summed E-state index contributed by atoms with van der Waals surface area (Å²) in [5.74, 6) is 5.66. The maximum absolute atomic E-state index is 13.4. The van der Waals surface area contributed by atoms with Gasteiger partial charge in [-0.2, -0.15) is 5.10 Å². The molecule has 0 aliphatic rings. The molecule has 0 aliphatic heterocycles. The number of benzene rings is 1. The van der Waals surface area contributed by atoms with Gasteiger partial charge in [-0.15, -0.1) is 0 Å². The van der Waals surface area contributed by atoms with Gasteiger partial charge in [0.1, 0.15) is 11.6 Å². The first-order valence-electron chi connectivity index (χ1n) is 5.31. The highest BCUT2D eigenvalue weighted by molar-refractivity contribution is 9.10. The molecule has 1 atom stereocenters. The summed E-state index contributed by atoms with van der Waals surface area (Å²) in [7, 11) is 0. The van der Waals surface area contributed by atoms with Crippen molar-refractivity contribution in [2.75, 3.05) is 5.73 Å². The zero-order chi connectivity index (χ0) is 13.1. The number of anilines is 1. The number of nitrogen functional groups attached to an aromatic ring is 1. The summed E-state index contributed by atoms with van der Waals surface area (Å²) < 4.78 is 13.9. The van der Waals surface area contributed by atoms with E-state index in [9.17, 15) is 4.39 Å². The Kier molecular flexibility index (Phi) is 3.95. The normalized spacial score (nSPS) is 12.6. The fourth-order valence-electron chi connectivity index (χ4n) is 1.77. The summed E-state index contributed by atoms with van der Waals surface area (Å²) >= 11 is 3.22. The van der Waals surface area contributed by atoms with Gasteiger partial charge >= 0.3 is 0 Å². The van der Waals surface area contributed by atoms with Crippen molar-refractivity contribution in [3.05, 3.63) is 45.8 Å². The van der Waals surface area contributed by atoms with Crippen LogP contribution in [0.4, 0.5) is 10.2 Å². The minimum Gasteiger partial charge on any atom is -0.384 e. The van der Waals surface area contributed by atoms with E-state index < -0.39 is 0 Å². The van der Waals surface area contributed by atoms with Gasteiger partial charge in [0.25, 0.3) is 0 Å². The van der Waals surface area contributed by atoms with Crippen molar-refractivity contribution in [1.82, 2.24) is 15.6 Å². The molecular formula is C11H13BrFN5. The van der Waals surface area contributed by atoms with E-state index in [1.807, 2.05) is 6.07 Å². The second kappa shape index (κ2) is 5.47. The Labute approximate surface area is 112 Å². The summed E-state index contributed by atoms with van der Waals surface area (Å²) in [5, 5.41) is 6.48. The Bertz CT molecular complexity index is 542. The molecule has 1 aromatic heterocycles. The second-order valence-electron chi connectivity index (χ2n) is 3.88. The number of hydrogen-bond acceptors (Lipinski definition) is 4. The van der Waals surface area contributed by atoms with Gasteiger partial charge in [0, 0.05) is 5.56 Å². The van der Waals surface area contributed by atoms with Gasteiger partial charge in [0.2, 0.25) is 0 Å². The minimum atomic E-state index is -0.302. The van der Waals surface area contributed by atoms with Crippen LogP contribution in [0.5, 0.6) is 0 Å². The number of H-pyrrole nitrogens is 1. The first kappa shape index (κ1) is 13.0. The van der Waals surface area contributed by atoms with Crippen LogP contribution in [0.15, 0.2) is 28.9 Å². The Hall–Kier alpha value is -1.44. The van der Waals surface area contributed by atoms with E-state index >= 15 is 0 Å². The first-order valence-corrected chi connectivity index (χ1v) is 6.10. The molecule has 18 heavy (non-hydrogen) atoms. The SMILES string of the molecule is NNC(Cc1cccc(F)c1Br)c1cn[nH]c1N. The van der Waals surface area contributed by atoms with Crippen LogP contribution in [0, 0.1) is 5.82 Å². The fraction of sp³-hybridized carbons (Fsp3) is 0.182. The molecule has 2 rings (SSSR count). The molecule has 0 radical (unpaired) electrons. The summed E-state index contributed by atoms with van der Waals surface area (Å²) in [6.07, 6.45) is 2.10. The number of halogens is 2. The Morgan fingerprint density at radius 1 is 1.50 bits per heavy atom. The summed E-state index contributed by atoms with van der Waals surface area (Å²) in [4.78, 5) is 0. The van der Waals surface area contributed by atoms with Crippen molar-refractivity contribution in [2.24, 2.45) is 5.84 Å². The van der Waals surface area contributed by atoms with Crippen LogP contribution in [0.3, 0.4) is 0 Å². The molecule has 7 heteroatoms. The van der Waals surface area contributed by atoms with Crippen molar-refractivity contribution in [1.29, 1.82) is 0 Å². The summed E-state index contributed by atoms with van der Waals surface area (Å²) in [6.45, 7) is 0. The maximum Gasteiger partial charge on any atom is 0.137 e. The maximum atomic E-state index is 13.4. The third-order valence-electron chi connectivity index (χ3n) is 2.73. The van der Waals surface area contributed by atoms with Gasteiger partial charge in [-0.1, -0.05) is 12.1 Å². The predicted octanol–water partition coefficient (Wildman–Crippen LogP) is 1.64. The number of nitrogens with zero attached hydrogens (tertiary/aromatic N) is 1. The van der Waals surface area contributed by atoms with Crippen LogP contribution in [-0.4, -0.2) is 10.2 Å². The molecule has 0 amide bonds. The molecule has 0 fully saturated rings. The van der Waals surface area contributed by atoms with Crippen molar-refractivity contribution in [3.63, 3.8) is 0 Å². The van der Waals surface area contributed by atoms with Gasteiger partial charge in [-0.05, 0) is 34.0 Å². The molecule has 1 unspecified atom stereocenters. The zero-order valence-corrected chi connectivity index (χ0v) is 11.0. The van der Waals surface area contributed by atoms with Crippen molar-refractivity contribution in [2.45, 2.75) is 12.5 Å². The highest BCUT2D eigenvalue weighted by atomic mass is 79.9. The molecule has 0 aliphatic carbocycles. The molecular weight excluding hydrogens is 301 g/mol. The number of hydrogen-bond donors (Lipinski definition) is 4. The average molecular weight is 314 g/mol. The van der Waals surface area contributed by atoms with E-state index in [4.69, 9.17) is 11.6 Å². The van der Waals surface area contributed by atoms with E-state index in [0.29, 0.717) is 16.7 Å². The lowest BCUT2D eigenvalue weighted by atomic mass is 10.0. The third kappa shape index (κ3) is 2.53. The largest absolute Gasteiger partial charge is 0.384 e. The average Bonchev–Trinajstić information content (AvgIpc) is 2.77. The first-order chi connectivity index (χ1) is 8.63. The lowest BCUT2D eigenvalue weighted by Gasteiger charge is -2.16. The minimum absolute atomic E-state index is 0.234. The third-order valence-corrected chi connectivity index (χ3v) is 3.62. The quantitative estimate of drug-likeness (QED) is 0.510. The summed E-state index contributed by atoms with van der Waals surface area (Å²) in [5.41, 5.74) is 9.96. The highest BCUT2D eigenvalue weighted by Crippen LogP contribution is 2.27. The van der Waals surface area contributed by atoms with E-state index in [1.54, 1.807) is 12.3 Å². The second-order valence-corrected chi connectivity index (χ2v) is 4.67. The number of nitrogens with one attached hydrogen (secondary N) is 2. The molecule has 1 heterocycles. The molecule has 0 bridgehead atoms. The Balaban J connectivity index is 2.26. The number of hydrazine groups is 1. The van der Waals surface area contributed by atoms with E-state index in [-0.39, 0.29) is 11.9 Å². The van der Waals surface area contributed by atoms with Gasteiger partial charge in [-0.3, -0.25) is 16.4 Å². The molecule has 96 valence electrons. The van der Waals surface area contributed by atoms with E-state index in [0.717, 1.165) is 11.1 Å². The predicted molar refractivity (Wildman–Crippen MR) is 70.9 cm³/mol. The van der Waals surface area contributed by atoms with Crippen molar-refractivity contribution < 1.29 is 4.39 Å². The smallest absolute Gasteiger partial charge is 0.137 e. The zero-order valence-electron chi connectivity index (χ0n) is 9.45. The van der Waals surface area contributed by atoms with Crippen molar-refractivity contribution in [3.8, 4) is 0 Å². The number of aromatic nitrogens is 2. The molecule has 1 aromatic carbocycles. The fourth-order valence-corrected chi connectivity index (χ4v) is 2.19. The topological polar surface area (TPSA) is 92.7 Å². The monoisotopic (exact) mass is 313 g/mol. The van der Waals surface area contributed by atoms with E-state index in [1.165, 1.54) is 6.07 Å². The molecule has 0 spiro atoms. The van der Waals surface area contributed by atoms with Gasteiger partial charge in [-0.25, -0.2) is 4.39 Å². The van der Waals surface area contributed by atoms with Gasteiger partial charge in [0.15, 0.2) is 0 Å². The van der Waals surface area contributed by atoms with Crippen molar-refractivity contribution >= 4 is 21.7 Å². The lowest BCUT2D eigenvalue weighted by molar-refractivity contribution is 0.548. The summed E-state index contributed by atoms with van der Waals surface area (Å²) in [6, 6.07) is 4.64. The van der Waals surface area contributed by atoms with Crippen LogP contribution in [0.1, 0.15) is 17.2 Å². The number of rotatable bonds is 4. The molecule has 6 N–H and O–H groups in total. The van der Waals surface area contributed by atoms with Crippen LogP contribution in [0.25, 0.3) is 0 Å². The van der Waals surface area contributed by atoms with Crippen LogP contribution in [-0.2, 0) is 6.42 Å². The molecule has 0 saturated heterocycles. The molecule has 2 aromatic rings. The molecule has 5 nitrogen and oxygen atoms in total. The number of nitrogens with two attached hydrogens (primary N) is 2. The van der Waals surface area contributed by atoms with Crippen LogP contribution < -0.4 is 17.0 Å². The van der Waals surface area contributed by atoms with Gasteiger partial charge in [0.05, 0.1) is 16.7 Å². The lowest BCUT2D eigenvalue weighted by Crippen LogP contribution is -2.30. The Morgan fingerprint density at radius 2 is 2.28 bits per heavy atom. The van der Waals surface area contributed by atoms with Crippen LogP contribution in [0.2, 0.25) is 0 Å². The standard InChI is InChI=1S/C11H13BrFN5/c12-10-6(2-1-3-8(10)13)4-9(17-15)7-5-16-18-11(7)14/h1-3,5,9,17H,4,15H2,(H3,14,16,18). The molecule has 0 saturated carbocycles. The van der Waals surface area contributed by atoms with Gasteiger partial charge < -0.3 is 5.73 Å². The van der Waals surface area contributed by atoms with Crippen LogP contribution >= 0.6 is 15.9 Å². The number of aromatic amines is 1. The van der Waals surface area contributed by atoms with E-state index in [2.05, 4.69) is 31.6 Å². The highest BCUT2D eigenvalue weighted by Gasteiger charge is 2.17.